The summed E-state index contributed by atoms with van der Waals surface area (Å²) in [6.45, 7) is 2.99. The van der Waals surface area contributed by atoms with E-state index >= 15 is 0 Å². The van der Waals surface area contributed by atoms with Crippen LogP contribution in [-0.4, -0.2) is 28.3 Å². The molecule has 1 aromatic carbocycles. The molecule has 3 unspecified atom stereocenters. The van der Waals surface area contributed by atoms with Crippen molar-refractivity contribution in [2.75, 3.05) is 0 Å². The van der Waals surface area contributed by atoms with Gasteiger partial charge in [-0.1, -0.05) is 6.07 Å². The van der Waals surface area contributed by atoms with Gasteiger partial charge in [0.05, 0.1) is 6.10 Å². The van der Waals surface area contributed by atoms with Gasteiger partial charge < -0.3 is 10.2 Å². The van der Waals surface area contributed by atoms with Crippen molar-refractivity contribution in [1.82, 2.24) is 5.32 Å². The zero-order chi connectivity index (χ0) is 13.9. The molecule has 18 heavy (non-hydrogen) atoms. The first-order valence-electron chi connectivity index (χ1n) is 5.44. The van der Waals surface area contributed by atoms with Gasteiger partial charge in [0.2, 0.25) is 0 Å². The van der Waals surface area contributed by atoms with Gasteiger partial charge in [-0.3, -0.25) is 10.1 Å². The Balaban J connectivity index is 2.76. The molecule has 100 valence electrons. The van der Waals surface area contributed by atoms with E-state index < -0.39 is 35.8 Å². The van der Waals surface area contributed by atoms with Gasteiger partial charge >= 0.3 is 5.97 Å². The van der Waals surface area contributed by atoms with E-state index in [4.69, 9.17) is 5.11 Å². The zero-order valence-corrected chi connectivity index (χ0v) is 10.0. The number of hydrogen-bond acceptors (Lipinski definition) is 3. The molecule has 0 radical (unpaired) electrons. The second-order valence-electron chi connectivity index (χ2n) is 4.13. The van der Waals surface area contributed by atoms with Crippen LogP contribution in [0, 0.1) is 11.6 Å². The first-order chi connectivity index (χ1) is 8.32. The van der Waals surface area contributed by atoms with Crippen LogP contribution in [0.15, 0.2) is 18.2 Å². The molecule has 0 saturated carbocycles. The van der Waals surface area contributed by atoms with E-state index in [9.17, 15) is 18.7 Å². The number of halogens is 2. The Hall–Kier alpha value is -1.53. The van der Waals surface area contributed by atoms with Gasteiger partial charge in [0.15, 0.2) is 11.6 Å². The van der Waals surface area contributed by atoms with Crippen LogP contribution in [-0.2, 0) is 4.79 Å². The smallest absolute Gasteiger partial charge is 0.320 e. The first kappa shape index (κ1) is 14.5. The number of carboxylic acid groups (broad SMARTS) is 1. The number of nitrogens with one attached hydrogen (secondary N) is 1. The van der Waals surface area contributed by atoms with Crippen LogP contribution in [0.25, 0.3) is 0 Å². The van der Waals surface area contributed by atoms with Gasteiger partial charge in [0.1, 0.15) is 6.04 Å². The average molecular weight is 259 g/mol. The van der Waals surface area contributed by atoms with E-state index in [-0.39, 0.29) is 5.56 Å². The van der Waals surface area contributed by atoms with Crippen molar-refractivity contribution < 1.29 is 23.8 Å². The Morgan fingerprint density at radius 3 is 2.39 bits per heavy atom. The number of rotatable bonds is 5. The summed E-state index contributed by atoms with van der Waals surface area (Å²) in [6, 6.07) is 1.61. The lowest BCUT2D eigenvalue weighted by atomic mass is 10.0. The molecule has 0 amide bonds. The quantitative estimate of drug-likeness (QED) is 0.748. The average Bonchev–Trinajstić information content (AvgIpc) is 2.31. The zero-order valence-electron chi connectivity index (χ0n) is 10.0. The van der Waals surface area contributed by atoms with Crippen molar-refractivity contribution in [3.05, 3.63) is 35.4 Å². The Labute approximate surface area is 103 Å². The Bertz CT molecular complexity index is 439. The minimum absolute atomic E-state index is 0.187. The molecule has 0 fully saturated rings. The second-order valence-corrected chi connectivity index (χ2v) is 4.13. The lowest BCUT2D eigenvalue weighted by molar-refractivity contribution is -0.139. The Morgan fingerprint density at radius 2 is 1.89 bits per heavy atom. The standard InChI is InChI=1S/C12H15F2NO3/c1-6(15-7(2)12(17)18)11(16)8-3-4-9(13)10(14)5-8/h3-7,11,15-16H,1-2H3,(H,17,18). The third kappa shape index (κ3) is 3.48. The molecule has 0 aliphatic rings. The van der Waals surface area contributed by atoms with Crippen LogP contribution < -0.4 is 5.32 Å². The highest BCUT2D eigenvalue weighted by Gasteiger charge is 2.21. The van der Waals surface area contributed by atoms with E-state index in [1.54, 1.807) is 6.92 Å². The molecule has 0 aliphatic carbocycles. The van der Waals surface area contributed by atoms with E-state index in [2.05, 4.69) is 5.32 Å². The fourth-order valence-electron chi connectivity index (χ4n) is 1.54. The van der Waals surface area contributed by atoms with Gasteiger partial charge in [-0.15, -0.1) is 0 Å². The molecule has 0 heterocycles. The summed E-state index contributed by atoms with van der Waals surface area (Å²) >= 11 is 0. The second kappa shape index (κ2) is 5.88. The fourth-order valence-corrected chi connectivity index (χ4v) is 1.54. The predicted octanol–water partition coefficient (Wildman–Crippen LogP) is 1.45. The molecule has 0 bridgehead atoms. The van der Waals surface area contributed by atoms with Gasteiger partial charge in [0.25, 0.3) is 0 Å². The Morgan fingerprint density at radius 1 is 1.28 bits per heavy atom. The maximum Gasteiger partial charge on any atom is 0.320 e. The maximum atomic E-state index is 13.0. The lowest BCUT2D eigenvalue weighted by Gasteiger charge is -2.22. The van der Waals surface area contributed by atoms with Crippen LogP contribution in [0.2, 0.25) is 0 Å². The summed E-state index contributed by atoms with van der Waals surface area (Å²) in [6.07, 6.45) is -1.12. The number of benzene rings is 1. The van der Waals surface area contributed by atoms with Crippen molar-refractivity contribution in [3.8, 4) is 0 Å². The summed E-state index contributed by atoms with van der Waals surface area (Å²) in [5.41, 5.74) is 0.187. The molecule has 4 nitrogen and oxygen atoms in total. The summed E-state index contributed by atoms with van der Waals surface area (Å²) in [5, 5.41) is 21.2. The fraction of sp³-hybridized carbons (Fsp3) is 0.417. The van der Waals surface area contributed by atoms with Crippen molar-refractivity contribution in [1.29, 1.82) is 0 Å². The molecule has 3 atom stereocenters. The molecule has 0 spiro atoms. The number of aliphatic hydroxyl groups is 1. The largest absolute Gasteiger partial charge is 0.480 e. The van der Waals surface area contributed by atoms with Crippen LogP contribution in [0.4, 0.5) is 8.78 Å². The van der Waals surface area contributed by atoms with Crippen LogP contribution in [0.3, 0.4) is 0 Å². The highest BCUT2D eigenvalue weighted by Crippen LogP contribution is 2.19. The molecule has 0 aromatic heterocycles. The molecule has 0 saturated heterocycles. The van der Waals surface area contributed by atoms with Crippen LogP contribution in [0.1, 0.15) is 25.5 Å². The van der Waals surface area contributed by atoms with Crippen LogP contribution >= 0.6 is 0 Å². The normalized spacial score (nSPS) is 16.1. The van der Waals surface area contributed by atoms with Crippen LogP contribution in [0.5, 0.6) is 0 Å². The predicted molar refractivity (Wildman–Crippen MR) is 61.0 cm³/mol. The lowest BCUT2D eigenvalue weighted by Crippen LogP contribution is -2.42. The van der Waals surface area contributed by atoms with Gasteiger partial charge in [-0.2, -0.15) is 0 Å². The SMILES string of the molecule is CC(NC(C)C(O)c1ccc(F)c(F)c1)C(=O)O. The van der Waals surface area contributed by atoms with Crippen molar-refractivity contribution >= 4 is 5.97 Å². The monoisotopic (exact) mass is 259 g/mol. The molecular weight excluding hydrogens is 244 g/mol. The molecule has 3 N–H and O–H groups in total. The highest BCUT2D eigenvalue weighted by molar-refractivity contribution is 5.72. The van der Waals surface area contributed by atoms with Crippen molar-refractivity contribution in [3.63, 3.8) is 0 Å². The molecule has 6 heteroatoms. The number of carboxylic acids is 1. The first-order valence-corrected chi connectivity index (χ1v) is 5.44. The molecule has 1 rings (SSSR count). The molecule has 0 aliphatic heterocycles. The Kier molecular flexibility index (Phi) is 4.75. The van der Waals surface area contributed by atoms with Gasteiger partial charge in [-0.25, -0.2) is 8.78 Å². The van der Waals surface area contributed by atoms with Crippen molar-refractivity contribution in [2.45, 2.75) is 32.0 Å². The molecule has 1 aromatic rings. The van der Waals surface area contributed by atoms with E-state index in [0.717, 1.165) is 12.1 Å². The van der Waals surface area contributed by atoms with E-state index in [1.807, 2.05) is 0 Å². The maximum absolute atomic E-state index is 13.0. The van der Waals surface area contributed by atoms with Gasteiger partial charge in [-0.05, 0) is 31.5 Å². The number of hydrogen-bond donors (Lipinski definition) is 3. The summed E-state index contributed by atoms with van der Waals surface area (Å²) < 4.78 is 25.7. The summed E-state index contributed by atoms with van der Waals surface area (Å²) in [5.74, 6) is -3.10. The van der Waals surface area contributed by atoms with E-state index in [0.29, 0.717) is 0 Å². The third-order valence-electron chi connectivity index (χ3n) is 2.64. The number of carbonyl (C=O) groups is 1. The topological polar surface area (TPSA) is 69.6 Å². The van der Waals surface area contributed by atoms with E-state index in [1.165, 1.54) is 13.0 Å². The van der Waals surface area contributed by atoms with Gasteiger partial charge in [0, 0.05) is 6.04 Å². The minimum atomic E-state index is -1.12. The molecular formula is C12H15F2NO3. The highest BCUT2D eigenvalue weighted by atomic mass is 19.2. The third-order valence-corrected chi connectivity index (χ3v) is 2.64. The summed E-state index contributed by atoms with van der Waals surface area (Å²) in [4.78, 5) is 10.6. The number of aliphatic carboxylic acids is 1. The van der Waals surface area contributed by atoms with Crippen molar-refractivity contribution in [2.24, 2.45) is 0 Å². The minimum Gasteiger partial charge on any atom is -0.480 e. The number of aliphatic hydroxyl groups excluding tert-OH is 1. The summed E-state index contributed by atoms with van der Waals surface area (Å²) in [7, 11) is 0.